The molecule has 0 spiro atoms. The lowest BCUT2D eigenvalue weighted by Crippen LogP contribution is -2.31. The van der Waals surface area contributed by atoms with Gasteiger partial charge in [-0.2, -0.15) is 0 Å². The van der Waals surface area contributed by atoms with Crippen molar-refractivity contribution < 1.29 is 0 Å². The normalized spacial score (nSPS) is 13.7. The summed E-state index contributed by atoms with van der Waals surface area (Å²) < 4.78 is 0. The van der Waals surface area contributed by atoms with Crippen molar-refractivity contribution in [2.45, 2.75) is 33.7 Å². The van der Waals surface area contributed by atoms with E-state index >= 15 is 0 Å². The van der Waals surface area contributed by atoms with Crippen LogP contribution in [0.3, 0.4) is 0 Å². The first-order chi connectivity index (χ1) is 6.79. The minimum absolute atomic E-state index is 0.165. The van der Waals surface area contributed by atoms with Crippen LogP contribution in [0.15, 0.2) is 12.1 Å². The number of nitrogen functional groups attached to an aromatic ring is 1. The summed E-state index contributed by atoms with van der Waals surface area (Å²) in [6, 6.07) is 3.71. The Kier molecular flexibility index (Phi) is 3.45. The largest absolute Gasteiger partial charge is 0.399 e. The first-order valence-corrected chi connectivity index (χ1v) is 5.36. The molecule has 0 bridgehead atoms. The van der Waals surface area contributed by atoms with Crippen LogP contribution in [-0.2, 0) is 0 Å². The van der Waals surface area contributed by atoms with Gasteiger partial charge < -0.3 is 11.1 Å². The summed E-state index contributed by atoms with van der Waals surface area (Å²) in [6.45, 7) is 8.61. The molecule has 0 saturated heterocycles. The maximum Gasteiger partial charge on any atom is 0.133 e. The molecule has 0 aliphatic rings. The molecule has 3 N–H and O–H groups in total. The zero-order chi connectivity index (χ0) is 11.6. The van der Waals surface area contributed by atoms with Crippen molar-refractivity contribution in [3.63, 3.8) is 0 Å². The average Bonchev–Trinajstić information content (AvgIpc) is 1.99. The van der Waals surface area contributed by atoms with Crippen molar-refractivity contribution >= 4 is 23.1 Å². The van der Waals surface area contributed by atoms with Crippen molar-refractivity contribution in [3.8, 4) is 0 Å². The lowest BCUT2D eigenvalue weighted by atomic mass is 9.88. The molecule has 84 valence electrons. The molecule has 0 aromatic carbocycles. The molecule has 1 aromatic heterocycles. The van der Waals surface area contributed by atoms with Crippen molar-refractivity contribution in [2.75, 3.05) is 11.1 Å². The van der Waals surface area contributed by atoms with Gasteiger partial charge >= 0.3 is 0 Å². The number of hydrogen-bond donors (Lipinski definition) is 2. The van der Waals surface area contributed by atoms with E-state index in [-0.39, 0.29) is 5.41 Å². The third-order valence-corrected chi connectivity index (χ3v) is 2.67. The van der Waals surface area contributed by atoms with E-state index in [9.17, 15) is 0 Å². The second-order valence-electron chi connectivity index (χ2n) is 4.84. The Hall–Kier alpha value is -0.960. The summed E-state index contributed by atoms with van der Waals surface area (Å²) in [5, 5.41) is 3.70. The van der Waals surface area contributed by atoms with Gasteiger partial charge in [0.2, 0.25) is 0 Å². The molecule has 1 aromatic rings. The van der Waals surface area contributed by atoms with Crippen LogP contribution in [-0.4, -0.2) is 11.0 Å². The fourth-order valence-corrected chi connectivity index (χ4v) is 1.25. The van der Waals surface area contributed by atoms with Crippen LogP contribution < -0.4 is 11.1 Å². The van der Waals surface area contributed by atoms with Crippen molar-refractivity contribution in [1.29, 1.82) is 0 Å². The van der Waals surface area contributed by atoms with E-state index in [0.717, 1.165) is 5.82 Å². The standard InChI is InChI=1S/C11H18ClN3/c1-7(11(2,3)4)14-10-6-8(13)5-9(12)15-10/h5-7H,1-4H3,(H3,13,14,15). The third kappa shape index (κ3) is 3.59. The number of nitrogens with one attached hydrogen (secondary N) is 1. The SMILES string of the molecule is CC(Nc1cc(N)cc(Cl)n1)C(C)(C)C. The minimum Gasteiger partial charge on any atom is -0.399 e. The highest BCUT2D eigenvalue weighted by molar-refractivity contribution is 6.29. The second-order valence-corrected chi connectivity index (χ2v) is 5.23. The number of rotatable bonds is 2. The van der Waals surface area contributed by atoms with Gasteiger partial charge in [-0.15, -0.1) is 0 Å². The highest BCUT2D eigenvalue weighted by Crippen LogP contribution is 2.23. The Morgan fingerprint density at radius 2 is 2.00 bits per heavy atom. The van der Waals surface area contributed by atoms with Crippen LogP contribution in [0.1, 0.15) is 27.7 Å². The van der Waals surface area contributed by atoms with Gasteiger partial charge in [0, 0.05) is 17.8 Å². The highest BCUT2D eigenvalue weighted by Gasteiger charge is 2.20. The molecule has 1 rings (SSSR count). The Balaban J connectivity index is 2.81. The molecular weight excluding hydrogens is 210 g/mol. The Labute approximate surface area is 96.0 Å². The molecule has 3 nitrogen and oxygen atoms in total. The maximum absolute atomic E-state index is 5.82. The smallest absolute Gasteiger partial charge is 0.133 e. The van der Waals surface area contributed by atoms with Gasteiger partial charge in [-0.1, -0.05) is 32.4 Å². The number of nitrogens with two attached hydrogens (primary N) is 1. The van der Waals surface area contributed by atoms with Crippen LogP contribution in [0.4, 0.5) is 11.5 Å². The summed E-state index contributed by atoms with van der Waals surface area (Å²) in [7, 11) is 0. The summed E-state index contributed by atoms with van der Waals surface area (Å²) >= 11 is 5.82. The van der Waals surface area contributed by atoms with E-state index < -0.39 is 0 Å². The van der Waals surface area contributed by atoms with E-state index in [4.69, 9.17) is 17.3 Å². The summed E-state index contributed by atoms with van der Waals surface area (Å²) in [6.07, 6.45) is 0. The van der Waals surface area contributed by atoms with E-state index in [1.807, 2.05) is 0 Å². The third-order valence-electron chi connectivity index (χ3n) is 2.48. The molecule has 1 atom stereocenters. The monoisotopic (exact) mass is 227 g/mol. The van der Waals surface area contributed by atoms with Gasteiger partial charge in [0.05, 0.1) is 0 Å². The first-order valence-electron chi connectivity index (χ1n) is 4.98. The minimum atomic E-state index is 0.165. The van der Waals surface area contributed by atoms with Crippen LogP contribution in [0.5, 0.6) is 0 Å². The highest BCUT2D eigenvalue weighted by atomic mass is 35.5. The quantitative estimate of drug-likeness (QED) is 0.764. The molecule has 0 radical (unpaired) electrons. The molecule has 0 amide bonds. The topological polar surface area (TPSA) is 50.9 Å². The Morgan fingerprint density at radius 3 is 2.47 bits per heavy atom. The molecule has 1 unspecified atom stereocenters. The lowest BCUT2D eigenvalue weighted by Gasteiger charge is -2.28. The first kappa shape index (κ1) is 12.1. The number of nitrogens with zero attached hydrogens (tertiary/aromatic N) is 1. The predicted octanol–water partition coefficient (Wildman–Crippen LogP) is 3.16. The molecule has 15 heavy (non-hydrogen) atoms. The van der Waals surface area contributed by atoms with E-state index in [1.54, 1.807) is 12.1 Å². The Bertz CT molecular complexity index is 324. The number of pyridine rings is 1. The maximum atomic E-state index is 5.82. The van der Waals surface area contributed by atoms with Gasteiger partial charge in [0.15, 0.2) is 0 Å². The summed E-state index contributed by atoms with van der Waals surface area (Å²) in [5.41, 5.74) is 6.47. The molecule has 1 heterocycles. The molecule has 0 saturated carbocycles. The summed E-state index contributed by atoms with van der Waals surface area (Å²) in [4.78, 5) is 4.16. The van der Waals surface area contributed by atoms with Crippen molar-refractivity contribution in [3.05, 3.63) is 17.3 Å². The molecule has 0 aliphatic heterocycles. The fourth-order valence-electron chi connectivity index (χ4n) is 1.03. The van der Waals surface area contributed by atoms with E-state index in [2.05, 4.69) is 38.0 Å². The van der Waals surface area contributed by atoms with Gasteiger partial charge in [-0.3, -0.25) is 0 Å². The van der Waals surface area contributed by atoms with Gasteiger partial charge in [0.1, 0.15) is 11.0 Å². The van der Waals surface area contributed by atoms with E-state index in [0.29, 0.717) is 16.9 Å². The van der Waals surface area contributed by atoms with Crippen LogP contribution >= 0.6 is 11.6 Å². The lowest BCUT2D eigenvalue weighted by molar-refractivity contribution is 0.359. The molecular formula is C11H18ClN3. The Morgan fingerprint density at radius 1 is 1.40 bits per heavy atom. The van der Waals surface area contributed by atoms with Gasteiger partial charge in [-0.05, 0) is 18.4 Å². The zero-order valence-corrected chi connectivity index (χ0v) is 10.4. The van der Waals surface area contributed by atoms with Crippen LogP contribution in [0.25, 0.3) is 0 Å². The van der Waals surface area contributed by atoms with E-state index in [1.165, 1.54) is 0 Å². The number of aromatic nitrogens is 1. The van der Waals surface area contributed by atoms with Crippen molar-refractivity contribution in [1.82, 2.24) is 4.98 Å². The number of halogens is 1. The van der Waals surface area contributed by atoms with Crippen molar-refractivity contribution in [2.24, 2.45) is 5.41 Å². The number of hydrogen-bond acceptors (Lipinski definition) is 3. The predicted molar refractivity (Wildman–Crippen MR) is 66.2 cm³/mol. The average molecular weight is 228 g/mol. The second kappa shape index (κ2) is 4.27. The van der Waals surface area contributed by atoms with Gasteiger partial charge in [-0.25, -0.2) is 4.98 Å². The fraction of sp³-hybridized carbons (Fsp3) is 0.545. The molecule has 0 fully saturated rings. The van der Waals surface area contributed by atoms with Crippen LogP contribution in [0, 0.1) is 5.41 Å². The molecule has 4 heteroatoms. The summed E-state index contributed by atoms with van der Waals surface area (Å²) in [5.74, 6) is 0.724. The van der Waals surface area contributed by atoms with Crippen LogP contribution in [0.2, 0.25) is 5.15 Å². The zero-order valence-electron chi connectivity index (χ0n) is 9.63. The number of anilines is 2. The molecule has 0 aliphatic carbocycles. The van der Waals surface area contributed by atoms with Gasteiger partial charge in [0.25, 0.3) is 0 Å².